The number of nitrogens with zero attached hydrogens (tertiary/aromatic N) is 1. The van der Waals surface area contributed by atoms with Gasteiger partial charge in [-0.05, 0) is 52.5 Å². The predicted octanol–water partition coefficient (Wildman–Crippen LogP) is 4.05. The van der Waals surface area contributed by atoms with Gasteiger partial charge < -0.3 is 10.0 Å². The second-order valence-corrected chi connectivity index (χ2v) is 6.11. The molecule has 1 aromatic heterocycles. The third-order valence-electron chi connectivity index (χ3n) is 3.05. The molecular weight excluding hydrogens is 326 g/mol. The Hall–Kier alpha value is -1.33. The smallest absolute Gasteiger partial charge is 0.254 e. The highest BCUT2D eigenvalue weighted by molar-refractivity contribution is 9.10. The highest BCUT2D eigenvalue weighted by Gasteiger charge is 2.20. The highest BCUT2D eigenvalue weighted by Crippen LogP contribution is 2.28. The van der Waals surface area contributed by atoms with Crippen LogP contribution in [0.1, 0.15) is 28.2 Å². The number of benzene rings is 1. The van der Waals surface area contributed by atoms with E-state index in [-0.39, 0.29) is 17.7 Å². The molecule has 1 unspecified atom stereocenters. The molecule has 19 heavy (non-hydrogen) atoms. The number of hydrogen-bond donors (Lipinski definition) is 1. The minimum absolute atomic E-state index is 0.0123. The SMILES string of the molecule is CC(c1cccs1)N(C)C(=O)c1ccc(Br)c(O)c1. The predicted molar refractivity (Wildman–Crippen MR) is 80.6 cm³/mol. The number of thiophene rings is 1. The maximum Gasteiger partial charge on any atom is 0.254 e. The lowest BCUT2D eigenvalue weighted by atomic mass is 10.1. The van der Waals surface area contributed by atoms with Crippen molar-refractivity contribution in [3.8, 4) is 5.75 Å². The van der Waals surface area contributed by atoms with Gasteiger partial charge in [0.25, 0.3) is 5.91 Å². The third-order valence-corrected chi connectivity index (χ3v) is 4.76. The van der Waals surface area contributed by atoms with Crippen LogP contribution in [0.3, 0.4) is 0 Å². The molecule has 0 saturated carbocycles. The first-order chi connectivity index (χ1) is 9.00. The van der Waals surface area contributed by atoms with Crippen molar-refractivity contribution in [3.63, 3.8) is 0 Å². The summed E-state index contributed by atoms with van der Waals surface area (Å²) >= 11 is 4.83. The van der Waals surface area contributed by atoms with E-state index >= 15 is 0 Å². The van der Waals surface area contributed by atoms with Crippen LogP contribution in [0.5, 0.6) is 5.75 Å². The van der Waals surface area contributed by atoms with Gasteiger partial charge in [-0.1, -0.05) is 6.07 Å². The summed E-state index contributed by atoms with van der Waals surface area (Å²) in [5.41, 5.74) is 0.478. The van der Waals surface area contributed by atoms with Gasteiger partial charge >= 0.3 is 0 Å². The third kappa shape index (κ3) is 2.98. The van der Waals surface area contributed by atoms with Crippen molar-refractivity contribution in [2.45, 2.75) is 13.0 Å². The van der Waals surface area contributed by atoms with E-state index in [2.05, 4.69) is 15.9 Å². The number of carbonyl (C=O) groups is 1. The Labute approximate surface area is 124 Å². The Bertz CT molecular complexity index is 583. The molecule has 0 aliphatic heterocycles. The van der Waals surface area contributed by atoms with Crippen LogP contribution in [0.2, 0.25) is 0 Å². The molecule has 5 heteroatoms. The fraction of sp³-hybridized carbons (Fsp3) is 0.214. The van der Waals surface area contributed by atoms with Gasteiger partial charge in [0, 0.05) is 17.5 Å². The molecule has 100 valence electrons. The molecule has 0 bridgehead atoms. The van der Waals surface area contributed by atoms with Gasteiger partial charge in [-0.15, -0.1) is 11.3 Å². The average molecular weight is 340 g/mol. The first kappa shape index (κ1) is 14.1. The largest absolute Gasteiger partial charge is 0.507 e. The summed E-state index contributed by atoms with van der Waals surface area (Å²) in [5.74, 6) is -0.0354. The number of halogens is 1. The van der Waals surface area contributed by atoms with E-state index in [9.17, 15) is 9.90 Å². The van der Waals surface area contributed by atoms with E-state index in [4.69, 9.17) is 0 Å². The molecule has 2 rings (SSSR count). The molecule has 2 aromatic rings. The summed E-state index contributed by atoms with van der Waals surface area (Å²) in [6.07, 6.45) is 0. The van der Waals surface area contributed by atoms with E-state index in [0.29, 0.717) is 10.0 Å². The monoisotopic (exact) mass is 339 g/mol. The Balaban J connectivity index is 2.21. The van der Waals surface area contributed by atoms with E-state index in [1.54, 1.807) is 35.4 Å². The summed E-state index contributed by atoms with van der Waals surface area (Å²) in [5, 5.41) is 11.6. The van der Waals surface area contributed by atoms with Crippen LogP contribution in [0.25, 0.3) is 0 Å². The van der Waals surface area contributed by atoms with Gasteiger partial charge in [-0.3, -0.25) is 4.79 Å². The number of phenolic OH excluding ortho intramolecular Hbond substituents is 1. The fourth-order valence-corrected chi connectivity index (χ4v) is 2.82. The minimum Gasteiger partial charge on any atom is -0.507 e. The summed E-state index contributed by atoms with van der Waals surface area (Å²) in [4.78, 5) is 15.2. The molecule has 0 spiro atoms. The zero-order valence-electron chi connectivity index (χ0n) is 10.6. The maximum absolute atomic E-state index is 12.3. The molecule has 1 aromatic carbocycles. The summed E-state index contributed by atoms with van der Waals surface area (Å²) < 4.78 is 0.581. The molecular formula is C14H14BrNO2S. The molecule has 0 saturated heterocycles. The highest BCUT2D eigenvalue weighted by atomic mass is 79.9. The Morgan fingerprint density at radius 3 is 2.74 bits per heavy atom. The zero-order valence-corrected chi connectivity index (χ0v) is 13.0. The van der Waals surface area contributed by atoms with Crippen molar-refractivity contribution in [1.29, 1.82) is 0 Å². The molecule has 0 aliphatic rings. The van der Waals surface area contributed by atoms with Crippen molar-refractivity contribution in [2.24, 2.45) is 0 Å². The normalized spacial score (nSPS) is 12.2. The van der Waals surface area contributed by atoms with Gasteiger partial charge in [0.15, 0.2) is 0 Å². The van der Waals surface area contributed by atoms with Crippen LogP contribution < -0.4 is 0 Å². The van der Waals surface area contributed by atoms with E-state index in [1.165, 1.54) is 6.07 Å². The molecule has 1 amide bonds. The lowest BCUT2D eigenvalue weighted by Crippen LogP contribution is -2.29. The number of amides is 1. The van der Waals surface area contributed by atoms with Crippen LogP contribution in [-0.2, 0) is 0 Å². The standard InChI is InChI=1S/C14H14BrNO2S/c1-9(13-4-3-7-19-13)16(2)14(18)10-5-6-11(15)12(17)8-10/h3-9,17H,1-2H3. The van der Waals surface area contributed by atoms with E-state index in [1.807, 2.05) is 24.4 Å². The van der Waals surface area contributed by atoms with Crippen molar-refractivity contribution >= 4 is 33.2 Å². The lowest BCUT2D eigenvalue weighted by Gasteiger charge is -2.24. The van der Waals surface area contributed by atoms with E-state index in [0.717, 1.165) is 4.88 Å². The first-order valence-electron chi connectivity index (χ1n) is 5.79. The lowest BCUT2D eigenvalue weighted by molar-refractivity contribution is 0.0744. The molecule has 0 aliphatic carbocycles. The zero-order chi connectivity index (χ0) is 14.0. The van der Waals surface area contributed by atoms with E-state index < -0.39 is 0 Å². The van der Waals surface area contributed by atoms with Crippen molar-refractivity contribution in [3.05, 3.63) is 50.6 Å². The minimum atomic E-state index is -0.108. The molecule has 3 nitrogen and oxygen atoms in total. The van der Waals surface area contributed by atoms with Gasteiger partial charge in [0.1, 0.15) is 5.75 Å². The van der Waals surface area contributed by atoms with Crippen LogP contribution in [0, 0.1) is 0 Å². The number of hydrogen-bond acceptors (Lipinski definition) is 3. The summed E-state index contributed by atoms with van der Waals surface area (Å²) in [6.45, 7) is 1.99. The van der Waals surface area contributed by atoms with Gasteiger partial charge in [-0.25, -0.2) is 0 Å². The molecule has 1 heterocycles. The fourth-order valence-electron chi connectivity index (χ4n) is 1.75. The summed E-state index contributed by atoms with van der Waals surface area (Å²) in [6, 6.07) is 8.84. The molecule has 0 radical (unpaired) electrons. The first-order valence-corrected chi connectivity index (χ1v) is 7.47. The number of phenols is 1. The Morgan fingerprint density at radius 1 is 1.42 bits per heavy atom. The van der Waals surface area contributed by atoms with Crippen LogP contribution in [0.4, 0.5) is 0 Å². The number of aromatic hydroxyl groups is 1. The van der Waals surface area contributed by atoms with Gasteiger partial charge in [0.05, 0.1) is 10.5 Å². The van der Waals surface area contributed by atoms with Crippen molar-refractivity contribution in [2.75, 3.05) is 7.05 Å². The molecule has 0 fully saturated rings. The van der Waals surface area contributed by atoms with Gasteiger partial charge in [0.2, 0.25) is 0 Å². The maximum atomic E-state index is 12.3. The number of rotatable bonds is 3. The second-order valence-electron chi connectivity index (χ2n) is 4.27. The van der Waals surface area contributed by atoms with Crippen LogP contribution in [-0.4, -0.2) is 23.0 Å². The Morgan fingerprint density at radius 2 is 2.16 bits per heavy atom. The quantitative estimate of drug-likeness (QED) is 0.916. The van der Waals surface area contributed by atoms with Crippen molar-refractivity contribution in [1.82, 2.24) is 4.90 Å². The molecule has 1 N–H and O–H groups in total. The van der Waals surface area contributed by atoms with Crippen molar-refractivity contribution < 1.29 is 9.90 Å². The average Bonchev–Trinajstić information content (AvgIpc) is 2.93. The Kier molecular flexibility index (Phi) is 4.27. The van der Waals surface area contributed by atoms with Crippen LogP contribution in [0.15, 0.2) is 40.2 Å². The van der Waals surface area contributed by atoms with Crippen LogP contribution >= 0.6 is 27.3 Å². The number of carbonyl (C=O) groups excluding carboxylic acids is 1. The van der Waals surface area contributed by atoms with Gasteiger partial charge in [-0.2, -0.15) is 0 Å². The molecule has 1 atom stereocenters. The summed E-state index contributed by atoms with van der Waals surface area (Å²) in [7, 11) is 1.77. The topological polar surface area (TPSA) is 40.5 Å². The second kappa shape index (κ2) is 5.75.